The molecule has 4 rings (SSSR count). The first-order valence-corrected chi connectivity index (χ1v) is 17.4. The monoisotopic (exact) mass is 640 g/mol. The fraction of sp³-hybridized carbons (Fsp3) is 0.586. The first-order valence-electron chi connectivity index (χ1n) is 13.4. The second-order valence-electron chi connectivity index (χ2n) is 9.79. The van der Waals surface area contributed by atoms with Crippen LogP contribution in [0.2, 0.25) is 0 Å². The van der Waals surface area contributed by atoms with Gasteiger partial charge in [0.1, 0.15) is 0 Å². The van der Waals surface area contributed by atoms with Crippen LogP contribution in [0, 0.1) is 0 Å². The molecule has 0 saturated carbocycles. The van der Waals surface area contributed by atoms with Gasteiger partial charge in [-0.3, -0.25) is 0 Å². The summed E-state index contributed by atoms with van der Waals surface area (Å²) in [6.07, 6.45) is 19.4. The van der Waals surface area contributed by atoms with Crippen LogP contribution in [0.5, 0.6) is 0 Å². The maximum Gasteiger partial charge on any atom is 0.0712 e. The zero-order chi connectivity index (χ0) is 23.9. The number of thiophene rings is 3. The van der Waals surface area contributed by atoms with Crippen LogP contribution in [0.1, 0.15) is 115 Å². The highest BCUT2D eigenvalue weighted by molar-refractivity contribution is 9.11. The van der Waals surface area contributed by atoms with Crippen molar-refractivity contribution < 1.29 is 0 Å². The molecule has 34 heavy (non-hydrogen) atoms. The van der Waals surface area contributed by atoms with E-state index in [-0.39, 0.29) is 0 Å². The molecule has 1 aromatic carbocycles. The van der Waals surface area contributed by atoms with Gasteiger partial charge in [0.2, 0.25) is 0 Å². The van der Waals surface area contributed by atoms with Gasteiger partial charge in [-0.2, -0.15) is 0 Å². The fourth-order valence-corrected chi connectivity index (χ4v) is 10.0. The molecular formula is C29H38Br2S3. The van der Waals surface area contributed by atoms with E-state index >= 15 is 0 Å². The molecular weight excluding hydrogens is 604 g/mol. The molecule has 0 nitrogen and oxygen atoms in total. The Bertz CT molecular complexity index is 1090. The number of rotatable bonds is 15. The van der Waals surface area contributed by atoms with Crippen molar-refractivity contribution >= 4 is 96.1 Å². The van der Waals surface area contributed by atoms with Gasteiger partial charge in [0.25, 0.3) is 0 Å². The first kappa shape index (κ1) is 27.1. The Morgan fingerprint density at radius 3 is 1.62 bits per heavy atom. The smallest absolute Gasteiger partial charge is 0.0712 e. The van der Waals surface area contributed by atoms with E-state index in [1.54, 1.807) is 4.88 Å². The van der Waals surface area contributed by atoms with Crippen molar-refractivity contribution in [1.29, 1.82) is 0 Å². The molecule has 3 heterocycles. The SMILES string of the molecule is CCCCCCCCC(CCCCCCCC)c1cc2c3cc(Br)sc3c3sc(Br)cc3c2s1. The van der Waals surface area contributed by atoms with E-state index in [0.29, 0.717) is 0 Å². The number of hydrogen-bond acceptors (Lipinski definition) is 3. The molecule has 3 aromatic heterocycles. The van der Waals surface area contributed by atoms with Gasteiger partial charge in [-0.25, -0.2) is 0 Å². The summed E-state index contributed by atoms with van der Waals surface area (Å²) in [6.45, 7) is 4.62. The van der Waals surface area contributed by atoms with Gasteiger partial charge in [0.05, 0.1) is 17.0 Å². The summed E-state index contributed by atoms with van der Waals surface area (Å²) in [6, 6.07) is 7.28. The van der Waals surface area contributed by atoms with Crippen LogP contribution in [0.15, 0.2) is 25.8 Å². The molecule has 0 N–H and O–H groups in total. The highest BCUT2D eigenvalue weighted by Crippen LogP contribution is 2.49. The topological polar surface area (TPSA) is 0 Å². The molecule has 0 bridgehead atoms. The molecule has 0 amide bonds. The van der Waals surface area contributed by atoms with Crippen LogP contribution >= 0.6 is 65.9 Å². The van der Waals surface area contributed by atoms with Crippen LogP contribution in [-0.4, -0.2) is 0 Å². The van der Waals surface area contributed by atoms with Crippen molar-refractivity contribution in [2.75, 3.05) is 0 Å². The second kappa shape index (κ2) is 13.6. The van der Waals surface area contributed by atoms with Gasteiger partial charge < -0.3 is 0 Å². The highest BCUT2D eigenvalue weighted by atomic mass is 79.9. The number of halogens is 2. The average Bonchev–Trinajstić information content (AvgIpc) is 3.52. The molecule has 0 aliphatic heterocycles. The summed E-state index contributed by atoms with van der Waals surface area (Å²) >= 11 is 13.4. The Kier molecular flexibility index (Phi) is 10.8. The molecule has 0 radical (unpaired) electrons. The fourth-order valence-electron chi connectivity index (χ4n) is 5.21. The van der Waals surface area contributed by atoms with Crippen LogP contribution in [-0.2, 0) is 0 Å². The molecule has 4 aromatic rings. The summed E-state index contributed by atoms with van der Waals surface area (Å²) < 4.78 is 6.87. The zero-order valence-corrected chi connectivity index (χ0v) is 26.3. The normalized spacial score (nSPS) is 12.3. The van der Waals surface area contributed by atoms with Crippen molar-refractivity contribution in [3.05, 3.63) is 30.6 Å². The Labute approximate surface area is 234 Å². The Balaban J connectivity index is 1.57. The minimum atomic E-state index is 0.726. The molecule has 0 fully saturated rings. The predicted octanol–water partition coefficient (Wildman–Crippen LogP) is 13.4. The van der Waals surface area contributed by atoms with E-state index in [4.69, 9.17) is 0 Å². The Hall–Kier alpha value is 0.0600. The van der Waals surface area contributed by atoms with Crippen molar-refractivity contribution in [1.82, 2.24) is 0 Å². The van der Waals surface area contributed by atoms with Gasteiger partial charge in [0.15, 0.2) is 0 Å². The zero-order valence-electron chi connectivity index (χ0n) is 20.7. The van der Waals surface area contributed by atoms with Gasteiger partial charge in [-0.1, -0.05) is 90.9 Å². The minimum absolute atomic E-state index is 0.726. The average molecular weight is 643 g/mol. The molecule has 0 spiro atoms. The molecule has 0 aliphatic carbocycles. The summed E-state index contributed by atoms with van der Waals surface area (Å²) in [5, 5.41) is 4.36. The third-order valence-corrected chi connectivity index (χ3v) is 11.9. The summed E-state index contributed by atoms with van der Waals surface area (Å²) in [5.41, 5.74) is 0. The Morgan fingerprint density at radius 1 is 0.559 bits per heavy atom. The summed E-state index contributed by atoms with van der Waals surface area (Å²) in [7, 11) is 0. The Morgan fingerprint density at radius 2 is 1.03 bits per heavy atom. The third-order valence-electron chi connectivity index (χ3n) is 7.11. The van der Waals surface area contributed by atoms with E-state index in [1.807, 2.05) is 22.7 Å². The van der Waals surface area contributed by atoms with Gasteiger partial charge in [-0.05, 0) is 68.8 Å². The second-order valence-corrected chi connectivity index (χ2v) is 15.7. The molecule has 5 heteroatoms. The number of benzene rings is 1. The highest BCUT2D eigenvalue weighted by Gasteiger charge is 2.20. The third kappa shape index (κ3) is 6.68. The van der Waals surface area contributed by atoms with Crippen molar-refractivity contribution in [2.24, 2.45) is 0 Å². The lowest BCUT2D eigenvalue weighted by Gasteiger charge is -2.15. The minimum Gasteiger partial charge on any atom is -0.139 e. The number of fused-ring (bicyclic) bond motifs is 6. The van der Waals surface area contributed by atoms with E-state index in [1.165, 1.54) is 128 Å². The number of unbranched alkanes of at least 4 members (excludes halogenated alkanes) is 10. The van der Waals surface area contributed by atoms with E-state index < -0.39 is 0 Å². The van der Waals surface area contributed by atoms with E-state index in [9.17, 15) is 0 Å². The van der Waals surface area contributed by atoms with E-state index in [2.05, 4.69) is 75.2 Å². The maximum atomic E-state index is 3.77. The van der Waals surface area contributed by atoms with Crippen LogP contribution < -0.4 is 0 Å². The van der Waals surface area contributed by atoms with Crippen molar-refractivity contribution in [2.45, 2.75) is 110 Å². The van der Waals surface area contributed by atoms with Crippen LogP contribution in [0.3, 0.4) is 0 Å². The molecule has 0 aliphatic rings. The number of hydrogen-bond donors (Lipinski definition) is 0. The molecule has 0 atom stereocenters. The quantitative estimate of drug-likeness (QED) is 0.113. The van der Waals surface area contributed by atoms with E-state index in [0.717, 1.165) is 5.92 Å². The van der Waals surface area contributed by atoms with Gasteiger partial charge >= 0.3 is 0 Å². The molecule has 186 valence electrons. The largest absolute Gasteiger partial charge is 0.139 e. The standard InChI is InChI=1S/C29H38Br2S3/c1-3-5-7-9-11-13-15-20(16-14-12-10-8-6-4-2)24-17-21-22-18-25(30)33-28(22)29-23(27(21)32-24)19-26(31)34-29/h17-20H,3-16H2,1-2H3. The van der Waals surface area contributed by atoms with Crippen LogP contribution in [0.4, 0.5) is 0 Å². The summed E-state index contributed by atoms with van der Waals surface area (Å²) in [4.78, 5) is 1.63. The predicted molar refractivity (Wildman–Crippen MR) is 167 cm³/mol. The molecule has 0 saturated heterocycles. The lowest BCUT2D eigenvalue weighted by Crippen LogP contribution is -1.97. The van der Waals surface area contributed by atoms with Gasteiger partial charge in [0, 0.05) is 25.7 Å². The van der Waals surface area contributed by atoms with Crippen molar-refractivity contribution in [3.63, 3.8) is 0 Å². The summed E-state index contributed by atoms with van der Waals surface area (Å²) in [5.74, 6) is 0.726. The van der Waals surface area contributed by atoms with Crippen molar-refractivity contribution in [3.8, 4) is 0 Å². The lowest BCUT2D eigenvalue weighted by atomic mass is 9.92. The molecule has 0 unspecified atom stereocenters. The first-order chi connectivity index (χ1) is 16.6. The lowest BCUT2D eigenvalue weighted by molar-refractivity contribution is 0.491. The van der Waals surface area contributed by atoms with Crippen LogP contribution in [0.25, 0.3) is 30.3 Å². The van der Waals surface area contributed by atoms with Gasteiger partial charge in [-0.15, -0.1) is 34.0 Å². The maximum absolute atomic E-state index is 3.77.